The Morgan fingerprint density at radius 2 is 0.800 bits per heavy atom. The van der Waals surface area contributed by atoms with Gasteiger partial charge in [0.1, 0.15) is 73.2 Å². The largest absolute Gasteiger partial charge is 0.394 e. The lowest BCUT2D eigenvalue weighted by molar-refractivity contribution is -0.379. The summed E-state index contributed by atoms with van der Waals surface area (Å²) >= 11 is 0. The van der Waals surface area contributed by atoms with Crippen molar-refractivity contribution in [3.63, 3.8) is 0 Å². The molecule has 0 aliphatic carbocycles. The average molecular weight is 1200 g/mol. The van der Waals surface area contributed by atoms with E-state index in [0.717, 1.165) is 83.5 Å². The summed E-state index contributed by atoms with van der Waals surface area (Å²) in [5.74, 6) is -0.308. The van der Waals surface area contributed by atoms with E-state index in [1.54, 1.807) is 0 Å². The Kier molecular flexibility index (Phi) is 42.3. The summed E-state index contributed by atoms with van der Waals surface area (Å²) < 4.78 is 34.2. The first-order valence-electron chi connectivity index (χ1n) is 31.6. The highest BCUT2D eigenvalue weighted by atomic mass is 16.8. The minimum Gasteiger partial charge on any atom is -0.394 e. The van der Waals surface area contributed by atoms with E-state index in [2.05, 4.69) is 122 Å². The van der Waals surface area contributed by atoms with E-state index < -0.39 is 124 Å². The van der Waals surface area contributed by atoms with Gasteiger partial charge in [0, 0.05) is 6.42 Å². The molecule has 0 saturated carbocycles. The maximum absolute atomic E-state index is 13.3. The van der Waals surface area contributed by atoms with Crippen LogP contribution in [0.3, 0.4) is 0 Å². The molecule has 0 radical (unpaired) electrons. The number of hydrogen-bond acceptors (Lipinski definition) is 18. The van der Waals surface area contributed by atoms with Crippen LogP contribution in [0.5, 0.6) is 0 Å². The molecular formula is C66H109NO18. The van der Waals surface area contributed by atoms with Crippen LogP contribution in [0.2, 0.25) is 0 Å². The predicted molar refractivity (Wildman–Crippen MR) is 327 cm³/mol. The summed E-state index contributed by atoms with van der Waals surface area (Å²) in [6, 6.07) is -0.925. The minimum absolute atomic E-state index is 0.178. The van der Waals surface area contributed by atoms with Crippen molar-refractivity contribution in [2.45, 2.75) is 272 Å². The lowest BCUT2D eigenvalue weighted by Crippen LogP contribution is -2.66. The maximum atomic E-state index is 13.3. The average Bonchev–Trinajstić information content (AvgIpc) is 3.05. The van der Waals surface area contributed by atoms with Gasteiger partial charge < -0.3 is 89.9 Å². The third kappa shape index (κ3) is 30.5. The van der Waals surface area contributed by atoms with E-state index in [0.29, 0.717) is 25.7 Å². The zero-order valence-electron chi connectivity index (χ0n) is 50.8. The number of unbranched alkanes of at least 4 members (excludes halogenated alkanes) is 11. The van der Waals surface area contributed by atoms with Gasteiger partial charge in [-0.15, -0.1) is 0 Å². The number of ether oxygens (including phenoxy) is 6. The molecule has 12 N–H and O–H groups in total. The van der Waals surface area contributed by atoms with Crippen LogP contribution in [0, 0.1) is 0 Å². The van der Waals surface area contributed by atoms with Gasteiger partial charge in [0.05, 0.1) is 38.6 Å². The Hall–Kier alpha value is -3.55. The maximum Gasteiger partial charge on any atom is 0.220 e. The van der Waals surface area contributed by atoms with Crippen LogP contribution in [0.25, 0.3) is 0 Å². The van der Waals surface area contributed by atoms with Crippen molar-refractivity contribution < 1.29 is 89.4 Å². The molecule has 0 bridgehead atoms. The van der Waals surface area contributed by atoms with Crippen molar-refractivity contribution >= 4 is 5.91 Å². The molecule has 3 fully saturated rings. The number of carbonyl (C=O) groups is 1. The first-order chi connectivity index (χ1) is 41.3. The first kappa shape index (κ1) is 75.7. The predicted octanol–water partition coefficient (Wildman–Crippen LogP) is 6.71. The summed E-state index contributed by atoms with van der Waals surface area (Å²) in [5, 5.41) is 120. The lowest BCUT2D eigenvalue weighted by Gasteiger charge is -2.48. The molecule has 3 heterocycles. The molecule has 0 aromatic rings. The SMILES string of the molecule is CC/C=C\C/C=C\C/C=C\C/C=C\C/C=C\C/C=C\C/C=C\C/C=C\C/C=C\CCCC(=O)NC(COC1OC(CO)C(OC2OC(CO)C(OC3OC(CO)C(O)C(O)C3O)C(O)C2O)C(O)C1O)C(O)CCCCCCCCCCCCC. The van der Waals surface area contributed by atoms with Crippen molar-refractivity contribution in [2.75, 3.05) is 26.4 Å². The van der Waals surface area contributed by atoms with E-state index in [1.165, 1.54) is 38.5 Å². The smallest absolute Gasteiger partial charge is 0.220 e. The van der Waals surface area contributed by atoms with Gasteiger partial charge in [-0.1, -0.05) is 194 Å². The highest BCUT2D eigenvalue weighted by molar-refractivity contribution is 5.76. The Labute approximate surface area is 506 Å². The number of aliphatic hydroxyl groups is 11. The molecule has 17 unspecified atom stereocenters. The molecule has 19 heteroatoms. The van der Waals surface area contributed by atoms with Crippen molar-refractivity contribution in [1.82, 2.24) is 5.32 Å². The van der Waals surface area contributed by atoms with Crippen LogP contribution >= 0.6 is 0 Å². The molecule has 3 saturated heterocycles. The molecule has 19 nitrogen and oxygen atoms in total. The van der Waals surface area contributed by atoms with Crippen molar-refractivity contribution in [2.24, 2.45) is 0 Å². The molecule has 0 aromatic heterocycles. The van der Waals surface area contributed by atoms with E-state index in [1.807, 2.05) is 6.08 Å². The van der Waals surface area contributed by atoms with Crippen LogP contribution in [0.15, 0.2) is 109 Å². The Morgan fingerprint density at radius 3 is 1.22 bits per heavy atom. The molecule has 17 atom stereocenters. The highest BCUT2D eigenvalue weighted by Gasteiger charge is 2.53. The van der Waals surface area contributed by atoms with Gasteiger partial charge in [-0.2, -0.15) is 0 Å². The van der Waals surface area contributed by atoms with Crippen molar-refractivity contribution in [3.8, 4) is 0 Å². The third-order valence-electron chi connectivity index (χ3n) is 15.1. The molecule has 85 heavy (non-hydrogen) atoms. The zero-order valence-corrected chi connectivity index (χ0v) is 50.8. The zero-order chi connectivity index (χ0) is 61.9. The number of rotatable bonds is 45. The highest BCUT2D eigenvalue weighted by Crippen LogP contribution is 2.33. The van der Waals surface area contributed by atoms with Crippen LogP contribution in [0.4, 0.5) is 0 Å². The Balaban J connectivity index is 1.45. The van der Waals surface area contributed by atoms with Crippen molar-refractivity contribution in [1.29, 1.82) is 0 Å². The van der Waals surface area contributed by atoms with Crippen LogP contribution in [0.1, 0.15) is 168 Å². The lowest BCUT2D eigenvalue weighted by atomic mass is 9.96. The van der Waals surface area contributed by atoms with Gasteiger partial charge in [0.15, 0.2) is 18.9 Å². The second-order valence-corrected chi connectivity index (χ2v) is 22.1. The molecule has 486 valence electrons. The summed E-state index contributed by atoms with van der Waals surface area (Å²) in [5.41, 5.74) is 0. The fourth-order valence-electron chi connectivity index (χ4n) is 9.96. The van der Waals surface area contributed by atoms with Gasteiger partial charge in [-0.25, -0.2) is 0 Å². The molecule has 3 aliphatic heterocycles. The second kappa shape index (κ2) is 47.5. The molecule has 0 aromatic carbocycles. The first-order valence-corrected chi connectivity index (χ1v) is 31.6. The topological polar surface area (TPSA) is 307 Å². The Bertz CT molecular complexity index is 1970. The van der Waals surface area contributed by atoms with Gasteiger partial charge >= 0.3 is 0 Å². The number of hydrogen-bond donors (Lipinski definition) is 12. The van der Waals surface area contributed by atoms with Gasteiger partial charge in [-0.05, 0) is 77.0 Å². The van der Waals surface area contributed by atoms with Crippen LogP contribution in [-0.2, 0) is 33.2 Å². The normalized spacial score (nSPS) is 29.7. The van der Waals surface area contributed by atoms with E-state index in [-0.39, 0.29) is 18.9 Å². The van der Waals surface area contributed by atoms with Crippen LogP contribution < -0.4 is 5.32 Å². The summed E-state index contributed by atoms with van der Waals surface area (Å²) in [6.07, 6.45) is 34.7. The summed E-state index contributed by atoms with van der Waals surface area (Å²) in [6.45, 7) is 1.59. The number of allylic oxidation sites excluding steroid dienone is 18. The number of aliphatic hydroxyl groups excluding tert-OH is 11. The number of carbonyl (C=O) groups excluding carboxylic acids is 1. The fraction of sp³-hybridized carbons (Fsp3) is 0.712. The minimum atomic E-state index is -1.98. The van der Waals surface area contributed by atoms with E-state index in [9.17, 15) is 61.0 Å². The van der Waals surface area contributed by atoms with E-state index >= 15 is 0 Å². The molecule has 1 amide bonds. The number of amides is 1. The van der Waals surface area contributed by atoms with Gasteiger partial charge in [-0.3, -0.25) is 4.79 Å². The summed E-state index contributed by atoms with van der Waals surface area (Å²) in [7, 11) is 0. The quantitative estimate of drug-likeness (QED) is 0.0223. The van der Waals surface area contributed by atoms with E-state index in [4.69, 9.17) is 28.4 Å². The Morgan fingerprint density at radius 1 is 0.435 bits per heavy atom. The molecule has 3 aliphatic rings. The van der Waals surface area contributed by atoms with Gasteiger partial charge in [0.25, 0.3) is 0 Å². The molecule has 3 rings (SSSR count). The summed E-state index contributed by atoms with van der Waals surface area (Å²) in [4.78, 5) is 13.3. The molecular weight excluding hydrogens is 1090 g/mol. The fourth-order valence-corrected chi connectivity index (χ4v) is 9.96. The monoisotopic (exact) mass is 1200 g/mol. The standard InChI is InChI=1S/C66H109NO18/c1-3-5-7-9-11-13-15-16-17-18-19-20-21-22-23-24-25-26-27-28-29-30-31-32-34-36-38-40-42-44-54(72)67-49(50(71)43-41-39-37-35-33-14-12-10-8-6-4-2)48-80-64-60(78)57(75)62(52(46-69)82-64)85-66-61(79)58(76)63(53(47-70)83-66)84-65-59(77)56(74)55(73)51(45-68)81-65/h5,7,11,13,16-17,19-20,22-23,25-26,28-29,31-32,36,38,49-53,55-66,68-71,73-79H,3-4,6,8-10,12,14-15,18,21,24,27,30,33-35,37,39-48H2,1-2H3,(H,67,72)/b7-5-,13-11-,17-16-,20-19-,23-22-,26-25-,29-28-,32-31-,38-36-. The number of nitrogens with one attached hydrogen (secondary N) is 1. The van der Waals surface area contributed by atoms with Crippen LogP contribution in [-0.4, -0.2) is 193 Å². The van der Waals surface area contributed by atoms with Crippen molar-refractivity contribution in [3.05, 3.63) is 109 Å². The van der Waals surface area contributed by atoms with Gasteiger partial charge in [0.2, 0.25) is 5.91 Å². The third-order valence-corrected chi connectivity index (χ3v) is 15.1. The molecule has 0 spiro atoms. The second-order valence-electron chi connectivity index (χ2n) is 22.1.